The summed E-state index contributed by atoms with van der Waals surface area (Å²) in [5.74, 6) is -0.856. The van der Waals surface area contributed by atoms with Crippen LogP contribution in [0.1, 0.15) is 29.1 Å². The Balaban J connectivity index is 1.87. The van der Waals surface area contributed by atoms with Crippen LogP contribution in [-0.4, -0.2) is 31.2 Å². The number of hydrogen-bond acceptors (Lipinski definition) is 6. The van der Waals surface area contributed by atoms with Crippen LogP contribution in [0.25, 0.3) is 0 Å². The van der Waals surface area contributed by atoms with Gasteiger partial charge in [0.2, 0.25) is 0 Å². The van der Waals surface area contributed by atoms with Crippen molar-refractivity contribution in [1.29, 1.82) is 0 Å². The van der Waals surface area contributed by atoms with E-state index in [4.69, 9.17) is 13.9 Å². The average molecular weight is 496 g/mol. The highest BCUT2D eigenvalue weighted by atomic mass is 127. The number of hydrogen-bond donors (Lipinski definition) is 2. The third-order valence-electron chi connectivity index (χ3n) is 3.90. The summed E-state index contributed by atoms with van der Waals surface area (Å²) in [7, 11) is 0. The number of nitrogens with one attached hydrogen (secondary N) is 2. The van der Waals surface area contributed by atoms with E-state index in [0.717, 1.165) is 3.57 Å². The predicted molar refractivity (Wildman–Crippen MR) is 106 cm³/mol. The zero-order chi connectivity index (χ0) is 20.1. The van der Waals surface area contributed by atoms with Crippen LogP contribution in [0.3, 0.4) is 0 Å². The van der Waals surface area contributed by atoms with Crippen LogP contribution < -0.4 is 10.6 Å². The molecule has 1 aliphatic rings. The van der Waals surface area contributed by atoms with Gasteiger partial charge in [-0.25, -0.2) is 14.4 Å². The molecule has 1 atom stereocenters. The monoisotopic (exact) mass is 496 g/mol. The first-order valence-electron chi connectivity index (χ1n) is 8.43. The second-order valence-electron chi connectivity index (χ2n) is 5.74. The SMILES string of the molecule is CCOC(=O)C1=C(COC(=O)c2ccc(I)cc2)NC(=O)NC1c1ccco1. The summed E-state index contributed by atoms with van der Waals surface area (Å²) in [6.45, 7) is 1.52. The first kappa shape index (κ1) is 19.9. The largest absolute Gasteiger partial charge is 0.467 e. The molecule has 0 saturated heterocycles. The first-order chi connectivity index (χ1) is 13.5. The number of carbonyl (C=O) groups is 3. The Labute approximate surface area is 174 Å². The number of rotatable bonds is 6. The van der Waals surface area contributed by atoms with Crippen LogP contribution >= 0.6 is 22.6 Å². The maximum absolute atomic E-state index is 12.5. The maximum Gasteiger partial charge on any atom is 0.338 e. The van der Waals surface area contributed by atoms with E-state index in [9.17, 15) is 14.4 Å². The van der Waals surface area contributed by atoms with Crippen LogP contribution in [-0.2, 0) is 14.3 Å². The minimum Gasteiger partial charge on any atom is -0.467 e. The van der Waals surface area contributed by atoms with Crippen LogP contribution in [0, 0.1) is 3.57 Å². The predicted octanol–water partition coefficient (Wildman–Crippen LogP) is 2.91. The molecule has 2 N–H and O–H groups in total. The zero-order valence-corrected chi connectivity index (χ0v) is 17.0. The Morgan fingerprint density at radius 3 is 2.54 bits per heavy atom. The second-order valence-corrected chi connectivity index (χ2v) is 6.99. The lowest BCUT2D eigenvalue weighted by Gasteiger charge is -2.27. The molecule has 1 aliphatic heterocycles. The topological polar surface area (TPSA) is 107 Å². The van der Waals surface area contributed by atoms with Gasteiger partial charge in [0.1, 0.15) is 18.4 Å². The first-order valence-corrected chi connectivity index (χ1v) is 9.51. The summed E-state index contributed by atoms with van der Waals surface area (Å²) in [6.07, 6.45) is 1.43. The molecule has 2 amide bonds. The normalized spacial score (nSPS) is 16.2. The van der Waals surface area contributed by atoms with Crippen molar-refractivity contribution in [3.8, 4) is 0 Å². The fraction of sp³-hybridized carbons (Fsp3) is 0.211. The third kappa shape index (κ3) is 4.53. The van der Waals surface area contributed by atoms with E-state index < -0.39 is 24.0 Å². The summed E-state index contributed by atoms with van der Waals surface area (Å²) >= 11 is 2.13. The minimum atomic E-state index is -0.852. The summed E-state index contributed by atoms with van der Waals surface area (Å²) in [5, 5.41) is 5.14. The molecule has 0 spiro atoms. The standard InChI is InChI=1S/C19H17IN2O6/c1-2-26-18(24)15-13(10-28-17(23)11-5-7-12(20)8-6-11)21-19(25)22-16(15)14-4-3-9-27-14/h3-9,16H,2,10H2,1H3,(H2,21,22,25). The molecule has 28 heavy (non-hydrogen) atoms. The summed E-state index contributed by atoms with van der Waals surface area (Å²) in [5.41, 5.74) is 0.621. The molecule has 0 saturated carbocycles. The average Bonchev–Trinajstić information content (AvgIpc) is 3.21. The lowest BCUT2D eigenvalue weighted by atomic mass is 10.0. The molecule has 146 valence electrons. The van der Waals surface area contributed by atoms with Gasteiger partial charge in [0.05, 0.1) is 29.7 Å². The summed E-state index contributed by atoms with van der Waals surface area (Å²) in [4.78, 5) is 36.9. The lowest BCUT2D eigenvalue weighted by molar-refractivity contribution is -0.139. The highest BCUT2D eigenvalue weighted by Gasteiger charge is 2.35. The number of benzene rings is 1. The number of halogens is 1. The second kappa shape index (κ2) is 8.91. The van der Waals surface area contributed by atoms with Gasteiger partial charge in [0.15, 0.2) is 0 Å². The van der Waals surface area contributed by atoms with Gasteiger partial charge >= 0.3 is 18.0 Å². The minimum absolute atomic E-state index is 0.117. The number of esters is 2. The Bertz CT molecular complexity index is 905. The van der Waals surface area contributed by atoms with Gasteiger partial charge in [0, 0.05) is 3.57 Å². The maximum atomic E-state index is 12.5. The Morgan fingerprint density at radius 1 is 1.14 bits per heavy atom. The number of furan rings is 1. The molecule has 0 bridgehead atoms. The molecule has 9 heteroatoms. The van der Waals surface area contributed by atoms with Gasteiger partial charge in [-0.05, 0) is 65.9 Å². The van der Waals surface area contributed by atoms with Crippen molar-refractivity contribution >= 4 is 40.6 Å². The van der Waals surface area contributed by atoms with E-state index in [0.29, 0.717) is 11.3 Å². The zero-order valence-electron chi connectivity index (χ0n) is 14.9. The molecule has 0 aliphatic carbocycles. The molecular formula is C19H17IN2O6. The van der Waals surface area contributed by atoms with E-state index >= 15 is 0 Å². The fourth-order valence-corrected chi connectivity index (χ4v) is 3.02. The third-order valence-corrected chi connectivity index (χ3v) is 4.62. The van der Waals surface area contributed by atoms with Crippen molar-refractivity contribution in [2.45, 2.75) is 13.0 Å². The van der Waals surface area contributed by atoms with Crippen molar-refractivity contribution < 1.29 is 28.3 Å². The van der Waals surface area contributed by atoms with Crippen LogP contribution in [0.2, 0.25) is 0 Å². The number of carbonyl (C=O) groups excluding carboxylic acids is 3. The van der Waals surface area contributed by atoms with Gasteiger partial charge in [-0.2, -0.15) is 0 Å². The Kier molecular flexibility index (Phi) is 6.34. The van der Waals surface area contributed by atoms with E-state index in [1.165, 1.54) is 6.26 Å². The van der Waals surface area contributed by atoms with E-state index in [1.54, 1.807) is 43.3 Å². The fourth-order valence-electron chi connectivity index (χ4n) is 2.66. The molecule has 1 aromatic carbocycles. The number of ether oxygens (including phenoxy) is 2. The number of urea groups is 1. The highest BCUT2D eigenvalue weighted by molar-refractivity contribution is 14.1. The van der Waals surface area contributed by atoms with Gasteiger partial charge in [-0.1, -0.05) is 0 Å². The molecule has 1 aromatic heterocycles. The molecular weight excluding hydrogens is 479 g/mol. The highest BCUT2D eigenvalue weighted by Crippen LogP contribution is 2.28. The van der Waals surface area contributed by atoms with Gasteiger partial charge in [-0.3, -0.25) is 0 Å². The Morgan fingerprint density at radius 2 is 1.89 bits per heavy atom. The molecule has 3 rings (SSSR count). The molecule has 0 fully saturated rings. The quantitative estimate of drug-likeness (QED) is 0.471. The molecule has 1 unspecified atom stereocenters. The van der Waals surface area contributed by atoms with Crippen LogP contribution in [0.15, 0.2) is 58.3 Å². The van der Waals surface area contributed by atoms with Crippen molar-refractivity contribution in [2.75, 3.05) is 13.2 Å². The van der Waals surface area contributed by atoms with Crippen molar-refractivity contribution in [3.63, 3.8) is 0 Å². The van der Waals surface area contributed by atoms with Crippen molar-refractivity contribution in [1.82, 2.24) is 10.6 Å². The van der Waals surface area contributed by atoms with E-state index in [1.807, 2.05) is 0 Å². The molecule has 2 aromatic rings. The Hall–Kier alpha value is -2.82. The van der Waals surface area contributed by atoms with Crippen LogP contribution in [0.5, 0.6) is 0 Å². The van der Waals surface area contributed by atoms with Crippen LogP contribution in [0.4, 0.5) is 4.79 Å². The van der Waals surface area contributed by atoms with E-state index in [2.05, 4.69) is 33.2 Å². The molecule has 2 heterocycles. The van der Waals surface area contributed by atoms with Gasteiger partial charge < -0.3 is 24.5 Å². The van der Waals surface area contributed by atoms with Crippen molar-refractivity contribution in [2.24, 2.45) is 0 Å². The van der Waals surface area contributed by atoms with E-state index in [-0.39, 0.29) is 24.5 Å². The smallest absolute Gasteiger partial charge is 0.338 e. The van der Waals surface area contributed by atoms with Gasteiger partial charge in [-0.15, -0.1) is 0 Å². The molecule has 0 radical (unpaired) electrons. The van der Waals surface area contributed by atoms with Gasteiger partial charge in [0.25, 0.3) is 0 Å². The lowest BCUT2D eigenvalue weighted by Crippen LogP contribution is -2.47. The van der Waals surface area contributed by atoms with Crippen molar-refractivity contribution in [3.05, 3.63) is 68.8 Å². The molecule has 8 nitrogen and oxygen atoms in total. The summed E-state index contributed by atoms with van der Waals surface area (Å²) in [6, 6.07) is 8.70. The summed E-state index contributed by atoms with van der Waals surface area (Å²) < 4.78 is 16.7. The number of amides is 2.